The summed E-state index contributed by atoms with van der Waals surface area (Å²) in [6.45, 7) is 0. The molecule has 0 saturated heterocycles. The number of amides is 1. The van der Waals surface area contributed by atoms with Gasteiger partial charge in [0.15, 0.2) is 0 Å². The molecule has 1 aliphatic rings. The molecule has 1 rings (SSSR count). The third-order valence-corrected chi connectivity index (χ3v) is 5.08. The van der Waals surface area contributed by atoms with Crippen molar-refractivity contribution in [2.75, 3.05) is 0 Å². The van der Waals surface area contributed by atoms with Crippen LogP contribution in [-0.2, 0) is 4.79 Å². The number of halogens is 1. The van der Waals surface area contributed by atoms with Gasteiger partial charge < -0.3 is 18.2 Å². The number of rotatable bonds is 1. The van der Waals surface area contributed by atoms with Crippen LogP contribution in [0.15, 0.2) is 12.3 Å². The molecule has 0 fully saturated rings. The van der Waals surface area contributed by atoms with Gasteiger partial charge in [-0.25, -0.2) is 0 Å². The van der Waals surface area contributed by atoms with Crippen molar-refractivity contribution >= 4 is 37.0 Å². The molecule has 1 N–H and O–H groups in total. The predicted octanol–water partition coefficient (Wildman–Crippen LogP) is 1.21. The Morgan fingerprint density at radius 1 is 1.80 bits per heavy atom. The number of carbonyl (C=O) groups is 1. The van der Waals surface area contributed by atoms with Gasteiger partial charge in [0.05, 0.1) is 0 Å². The first-order valence-electron chi connectivity index (χ1n) is 3.36. The maximum atomic E-state index is 11.1. The highest BCUT2D eigenvalue weighted by Crippen LogP contribution is 2.16. The Morgan fingerprint density at radius 2 is 2.60 bits per heavy atom. The Labute approximate surface area is 76.0 Å². The summed E-state index contributed by atoms with van der Waals surface area (Å²) in [6, 6.07) is 0. The zero-order valence-electron chi connectivity index (χ0n) is 5.64. The lowest BCUT2D eigenvalue weighted by molar-refractivity contribution is -0.120. The molecule has 0 aromatic heterocycles. The molecular formula is C6H8BrMgNO. The highest BCUT2D eigenvalue weighted by atomic mass is 79.9. The standard InChI is InChI=1S/C6H8NO.BrH.Mg/c8-6-4-2-1-3-5-7-6;;/h3-5H,1-2H2,(H,7,8);1H;/q;;+1/p-1. The van der Waals surface area contributed by atoms with E-state index in [1.54, 1.807) is 6.20 Å². The van der Waals surface area contributed by atoms with E-state index in [1.807, 2.05) is 6.08 Å². The minimum atomic E-state index is -0.341. The van der Waals surface area contributed by atoms with Gasteiger partial charge in [-0.15, -0.1) is 0 Å². The highest BCUT2D eigenvalue weighted by Gasteiger charge is 2.18. The fourth-order valence-corrected chi connectivity index (χ4v) is 3.42. The largest absolute Gasteiger partial charge is 0.484 e. The predicted molar refractivity (Wildman–Crippen MR) is 44.9 cm³/mol. The molecule has 1 unspecified atom stereocenters. The van der Waals surface area contributed by atoms with Crippen molar-refractivity contribution in [3.8, 4) is 0 Å². The lowest BCUT2D eigenvalue weighted by Crippen LogP contribution is -2.22. The molecule has 0 saturated carbocycles. The van der Waals surface area contributed by atoms with Gasteiger partial charge in [0.25, 0.3) is 0 Å². The van der Waals surface area contributed by atoms with Crippen LogP contribution in [0.1, 0.15) is 12.8 Å². The second-order valence-electron chi connectivity index (χ2n) is 2.34. The summed E-state index contributed by atoms with van der Waals surface area (Å²) in [7, 11) is 0. The molecule has 52 valence electrons. The van der Waals surface area contributed by atoms with E-state index in [9.17, 15) is 4.79 Å². The fraction of sp³-hybridized carbons (Fsp3) is 0.500. The van der Waals surface area contributed by atoms with Crippen molar-refractivity contribution in [1.29, 1.82) is 0 Å². The van der Waals surface area contributed by atoms with E-state index < -0.39 is 0 Å². The van der Waals surface area contributed by atoms with Crippen LogP contribution in [0.25, 0.3) is 0 Å². The van der Waals surface area contributed by atoms with E-state index in [2.05, 4.69) is 18.2 Å². The average Bonchev–Trinajstić information content (AvgIpc) is 2.13. The number of allylic oxidation sites excluding steroid dienone is 1. The number of carbonyl (C=O) groups excluding carboxylic acids is 1. The number of hydrogen-bond acceptors (Lipinski definition) is 1. The van der Waals surface area contributed by atoms with Crippen LogP contribution in [-0.4, -0.2) is 24.1 Å². The van der Waals surface area contributed by atoms with Crippen LogP contribution < -0.4 is 5.32 Å². The van der Waals surface area contributed by atoms with Crippen LogP contribution in [0.4, 0.5) is 0 Å². The van der Waals surface area contributed by atoms with Gasteiger partial charge in [0, 0.05) is 0 Å². The molecule has 1 heterocycles. The van der Waals surface area contributed by atoms with Crippen LogP contribution in [0, 0.1) is 0 Å². The SMILES string of the molecule is O=C1NC=CCC[CH]1[Mg][Br]. The third kappa shape index (κ3) is 2.25. The Bertz CT molecular complexity index is 160. The molecule has 0 aromatic rings. The zero-order valence-corrected chi connectivity index (χ0v) is 8.64. The monoisotopic (exact) mass is 213 g/mol. The average molecular weight is 214 g/mol. The van der Waals surface area contributed by atoms with Crippen LogP contribution in [0.3, 0.4) is 0 Å². The van der Waals surface area contributed by atoms with Crippen molar-refractivity contribution in [3.05, 3.63) is 12.3 Å². The Balaban J connectivity index is 2.51. The van der Waals surface area contributed by atoms with Crippen molar-refractivity contribution in [3.63, 3.8) is 0 Å². The maximum absolute atomic E-state index is 11.1. The van der Waals surface area contributed by atoms with Crippen molar-refractivity contribution in [2.24, 2.45) is 0 Å². The van der Waals surface area contributed by atoms with Gasteiger partial charge in [0.2, 0.25) is 5.91 Å². The second-order valence-corrected chi connectivity index (χ2v) is 5.58. The van der Waals surface area contributed by atoms with Gasteiger partial charge in [-0.05, 0) is 16.7 Å². The van der Waals surface area contributed by atoms with Crippen LogP contribution in [0.2, 0.25) is 4.05 Å². The van der Waals surface area contributed by atoms with Gasteiger partial charge in [0.1, 0.15) is 0 Å². The first-order valence-corrected chi connectivity index (χ1v) is 8.07. The Hall–Kier alpha value is 0.456. The summed E-state index contributed by atoms with van der Waals surface area (Å²) in [5, 5.41) is 2.73. The number of hydrogen-bond donors (Lipinski definition) is 1. The van der Waals surface area contributed by atoms with Gasteiger partial charge in [-0.1, -0.05) is 12.5 Å². The molecule has 0 bridgehead atoms. The van der Waals surface area contributed by atoms with Gasteiger partial charge >= 0.3 is 18.2 Å². The lowest BCUT2D eigenvalue weighted by atomic mass is 10.2. The highest BCUT2D eigenvalue weighted by molar-refractivity contribution is 9.23. The van der Waals surface area contributed by atoms with Crippen molar-refractivity contribution in [1.82, 2.24) is 5.32 Å². The molecular weight excluding hydrogens is 206 g/mol. The van der Waals surface area contributed by atoms with E-state index in [-0.39, 0.29) is 28.1 Å². The summed E-state index contributed by atoms with van der Waals surface area (Å²) in [5.74, 6) is 0.192. The third-order valence-electron chi connectivity index (χ3n) is 1.58. The molecule has 0 spiro atoms. The van der Waals surface area contributed by atoms with Crippen LogP contribution in [0.5, 0.6) is 0 Å². The summed E-state index contributed by atoms with van der Waals surface area (Å²) >= 11 is 3.10. The van der Waals surface area contributed by atoms with Gasteiger partial charge in [-0.3, -0.25) is 4.79 Å². The fourth-order valence-electron chi connectivity index (χ4n) is 0.918. The van der Waals surface area contributed by atoms with E-state index in [4.69, 9.17) is 0 Å². The van der Waals surface area contributed by atoms with Gasteiger partial charge in [-0.2, -0.15) is 0 Å². The maximum Gasteiger partial charge on any atom is 0.484 e. The smallest absolute Gasteiger partial charge is 0.335 e. The topological polar surface area (TPSA) is 29.1 Å². The summed E-state index contributed by atoms with van der Waals surface area (Å²) in [4.78, 5) is 11.1. The summed E-state index contributed by atoms with van der Waals surface area (Å²) in [6.07, 6.45) is 5.80. The first-order chi connectivity index (χ1) is 4.84. The van der Waals surface area contributed by atoms with E-state index >= 15 is 0 Å². The quantitative estimate of drug-likeness (QED) is 0.653. The van der Waals surface area contributed by atoms with E-state index in [1.165, 1.54) is 0 Å². The Kier molecular flexibility index (Phi) is 3.73. The Morgan fingerprint density at radius 3 is 3.30 bits per heavy atom. The molecule has 1 aliphatic heterocycles. The molecule has 1 atom stereocenters. The van der Waals surface area contributed by atoms with Crippen molar-refractivity contribution in [2.45, 2.75) is 16.9 Å². The number of nitrogens with one attached hydrogen (secondary N) is 1. The molecule has 10 heavy (non-hydrogen) atoms. The molecule has 0 aromatic carbocycles. The molecule has 4 heteroatoms. The molecule has 0 aliphatic carbocycles. The zero-order chi connectivity index (χ0) is 7.40. The molecule has 0 radical (unpaired) electrons. The van der Waals surface area contributed by atoms with E-state index in [0.29, 0.717) is 0 Å². The molecule has 1 amide bonds. The second kappa shape index (κ2) is 4.36. The van der Waals surface area contributed by atoms with E-state index in [0.717, 1.165) is 12.8 Å². The summed E-state index contributed by atoms with van der Waals surface area (Å²) < 4.78 is 0.287. The molecule has 2 nitrogen and oxygen atoms in total. The minimum Gasteiger partial charge on any atom is -0.335 e. The normalized spacial score (nSPS) is 24.9. The summed E-state index contributed by atoms with van der Waals surface area (Å²) in [5.41, 5.74) is 0. The van der Waals surface area contributed by atoms with Crippen molar-refractivity contribution < 1.29 is 4.79 Å². The first kappa shape index (κ1) is 8.55. The lowest BCUT2D eigenvalue weighted by Gasteiger charge is -2.06. The van der Waals surface area contributed by atoms with Crippen LogP contribution >= 0.6 is 12.9 Å². The minimum absolute atomic E-state index is 0.192.